The molecule has 0 radical (unpaired) electrons. The molecule has 0 nitrogen and oxygen atoms in total. The molecule has 1 aliphatic rings. The van der Waals surface area contributed by atoms with Crippen LogP contribution in [0, 0.1) is 19.8 Å². The highest BCUT2D eigenvalue weighted by molar-refractivity contribution is 6.32. The lowest BCUT2D eigenvalue weighted by atomic mass is 9.85. The summed E-state index contributed by atoms with van der Waals surface area (Å²) in [4.78, 5) is 0. The van der Waals surface area contributed by atoms with E-state index in [9.17, 15) is 0 Å². The van der Waals surface area contributed by atoms with Gasteiger partial charge in [-0.25, -0.2) is 0 Å². The van der Waals surface area contributed by atoms with Gasteiger partial charge in [0.05, 0.1) is 5.38 Å². The average Bonchev–Trinajstić information content (AvgIpc) is 2.35. The minimum atomic E-state index is 0.0694. The Morgan fingerprint density at radius 3 is 2.39 bits per heavy atom. The van der Waals surface area contributed by atoms with Crippen LogP contribution < -0.4 is 0 Å². The van der Waals surface area contributed by atoms with E-state index in [1.807, 2.05) is 6.07 Å². The molecule has 1 unspecified atom stereocenters. The number of rotatable bonds is 3. The lowest BCUT2D eigenvalue weighted by Crippen LogP contribution is -2.09. The Labute approximate surface area is 121 Å². The van der Waals surface area contributed by atoms with E-state index in [0.717, 1.165) is 22.9 Å². The van der Waals surface area contributed by atoms with Crippen molar-refractivity contribution in [1.82, 2.24) is 0 Å². The highest BCUT2D eigenvalue weighted by Gasteiger charge is 2.20. The van der Waals surface area contributed by atoms with Gasteiger partial charge in [-0.3, -0.25) is 0 Å². The molecule has 1 aromatic rings. The van der Waals surface area contributed by atoms with Crippen molar-refractivity contribution < 1.29 is 0 Å². The van der Waals surface area contributed by atoms with Crippen LogP contribution in [0.25, 0.3) is 0 Å². The van der Waals surface area contributed by atoms with Crippen LogP contribution in [0.1, 0.15) is 60.6 Å². The molecule has 1 saturated carbocycles. The van der Waals surface area contributed by atoms with E-state index < -0.39 is 0 Å². The second-order valence-electron chi connectivity index (χ2n) is 5.67. The third kappa shape index (κ3) is 3.42. The molecular formula is C16H22Cl2. The van der Waals surface area contributed by atoms with Gasteiger partial charge in [-0.05, 0) is 48.9 Å². The molecule has 1 aliphatic carbocycles. The predicted molar refractivity (Wildman–Crippen MR) is 80.7 cm³/mol. The summed E-state index contributed by atoms with van der Waals surface area (Å²) in [5, 5.41) is 0.897. The highest BCUT2D eigenvalue weighted by atomic mass is 35.5. The molecule has 1 atom stereocenters. The number of halogens is 2. The first-order valence-electron chi connectivity index (χ1n) is 6.98. The Kier molecular flexibility index (Phi) is 4.98. The number of aryl methyl sites for hydroxylation is 2. The fraction of sp³-hybridized carbons (Fsp3) is 0.625. The van der Waals surface area contributed by atoms with Crippen LogP contribution in [-0.2, 0) is 0 Å². The van der Waals surface area contributed by atoms with Crippen molar-refractivity contribution in [3.05, 3.63) is 33.8 Å². The molecule has 1 fully saturated rings. The first-order chi connectivity index (χ1) is 8.58. The standard InChI is InChI=1S/C16H22Cl2/c1-11-8-14(15(17)9-12(11)2)16(18)10-13-6-4-3-5-7-13/h8-9,13,16H,3-7,10H2,1-2H3. The second kappa shape index (κ2) is 6.30. The fourth-order valence-corrected chi connectivity index (χ4v) is 3.72. The molecule has 0 heterocycles. The van der Waals surface area contributed by atoms with Crippen molar-refractivity contribution in [3.63, 3.8) is 0 Å². The van der Waals surface area contributed by atoms with Gasteiger partial charge in [0.1, 0.15) is 0 Å². The number of alkyl halides is 1. The maximum Gasteiger partial charge on any atom is 0.0602 e. The van der Waals surface area contributed by atoms with E-state index in [-0.39, 0.29) is 5.38 Å². The van der Waals surface area contributed by atoms with Crippen molar-refractivity contribution in [2.24, 2.45) is 5.92 Å². The van der Waals surface area contributed by atoms with Crippen molar-refractivity contribution in [3.8, 4) is 0 Å². The monoisotopic (exact) mass is 284 g/mol. The van der Waals surface area contributed by atoms with Gasteiger partial charge in [0.2, 0.25) is 0 Å². The van der Waals surface area contributed by atoms with Crippen LogP contribution in [0.15, 0.2) is 12.1 Å². The zero-order chi connectivity index (χ0) is 13.1. The zero-order valence-corrected chi connectivity index (χ0v) is 12.8. The summed E-state index contributed by atoms with van der Waals surface area (Å²) in [6, 6.07) is 4.21. The van der Waals surface area contributed by atoms with E-state index in [0.29, 0.717) is 0 Å². The van der Waals surface area contributed by atoms with Crippen LogP contribution >= 0.6 is 23.2 Å². The molecule has 0 spiro atoms. The normalized spacial score (nSPS) is 18.9. The molecule has 0 N–H and O–H groups in total. The van der Waals surface area contributed by atoms with Gasteiger partial charge in [-0.15, -0.1) is 11.6 Å². The maximum absolute atomic E-state index is 6.58. The van der Waals surface area contributed by atoms with E-state index in [1.54, 1.807) is 0 Å². The van der Waals surface area contributed by atoms with E-state index >= 15 is 0 Å². The van der Waals surface area contributed by atoms with Gasteiger partial charge in [0.15, 0.2) is 0 Å². The molecule has 18 heavy (non-hydrogen) atoms. The van der Waals surface area contributed by atoms with Crippen LogP contribution in [0.2, 0.25) is 5.02 Å². The van der Waals surface area contributed by atoms with Crippen LogP contribution in [0.3, 0.4) is 0 Å². The lowest BCUT2D eigenvalue weighted by molar-refractivity contribution is 0.336. The smallest absolute Gasteiger partial charge is 0.0602 e. The Hall–Kier alpha value is -0.200. The first kappa shape index (κ1) is 14.2. The summed E-state index contributed by atoms with van der Waals surface area (Å²) in [6.45, 7) is 4.22. The molecule has 2 rings (SSSR count). The van der Waals surface area contributed by atoms with Crippen molar-refractivity contribution >= 4 is 23.2 Å². The SMILES string of the molecule is Cc1cc(Cl)c(C(Cl)CC2CCCCC2)cc1C. The lowest BCUT2D eigenvalue weighted by Gasteiger charge is -2.24. The molecular weight excluding hydrogens is 263 g/mol. The van der Waals surface area contributed by atoms with Gasteiger partial charge in [-0.2, -0.15) is 0 Å². The minimum Gasteiger partial charge on any atom is -0.118 e. The Balaban J connectivity index is 2.08. The molecule has 2 heteroatoms. The number of benzene rings is 1. The van der Waals surface area contributed by atoms with E-state index in [4.69, 9.17) is 23.2 Å². The van der Waals surface area contributed by atoms with Crippen LogP contribution in [0.4, 0.5) is 0 Å². The summed E-state index contributed by atoms with van der Waals surface area (Å²) in [5.74, 6) is 0.791. The minimum absolute atomic E-state index is 0.0694. The van der Waals surface area contributed by atoms with Crippen molar-refractivity contribution in [1.29, 1.82) is 0 Å². The average molecular weight is 285 g/mol. The Morgan fingerprint density at radius 2 is 1.72 bits per heavy atom. The fourth-order valence-electron chi connectivity index (χ4n) is 2.89. The van der Waals surface area contributed by atoms with Crippen LogP contribution in [-0.4, -0.2) is 0 Å². The van der Waals surface area contributed by atoms with Crippen LogP contribution in [0.5, 0.6) is 0 Å². The predicted octanol–water partition coefficient (Wildman–Crippen LogP) is 6.21. The summed E-state index contributed by atoms with van der Waals surface area (Å²) >= 11 is 12.9. The second-order valence-corrected chi connectivity index (χ2v) is 6.60. The summed E-state index contributed by atoms with van der Waals surface area (Å²) in [5.41, 5.74) is 3.64. The molecule has 0 amide bonds. The molecule has 0 bridgehead atoms. The third-order valence-corrected chi connectivity index (χ3v) is 4.96. The Bertz CT molecular complexity index is 406. The zero-order valence-electron chi connectivity index (χ0n) is 11.3. The molecule has 0 saturated heterocycles. The maximum atomic E-state index is 6.58. The van der Waals surface area contributed by atoms with Crippen molar-refractivity contribution in [2.75, 3.05) is 0 Å². The summed E-state index contributed by atoms with van der Waals surface area (Å²) in [7, 11) is 0. The molecule has 0 aliphatic heterocycles. The number of hydrogen-bond acceptors (Lipinski definition) is 0. The first-order valence-corrected chi connectivity index (χ1v) is 7.80. The van der Waals surface area contributed by atoms with E-state index in [2.05, 4.69) is 19.9 Å². The quantitative estimate of drug-likeness (QED) is 0.579. The molecule has 0 aromatic heterocycles. The summed E-state index contributed by atoms with van der Waals surface area (Å²) in [6.07, 6.45) is 7.89. The third-order valence-electron chi connectivity index (χ3n) is 4.22. The molecule has 1 aromatic carbocycles. The van der Waals surface area contributed by atoms with Gasteiger partial charge < -0.3 is 0 Å². The summed E-state index contributed by atoms with van der Waals surface area (Å²) < 4.78 is 0. The topological polar surface area (TPSA) is 0 Å². The number of hydrogen-bond donors (Lipinski definition) is 0. The molecule has 100 valence electrons. The van der Waals surface area contributed by atoms with Gasteiger partial charge in [0, 0.05) is 5.02 Å². The van der Waals surface area contributed by atoms with Gasteiger partial charge in [0.25, 0.3) is 0 Å². The van der Waals surface area contributed by atoms with Gasteiger partial charge in [-0.1, -0.05) is 49.8 Å². The van der Waals surface area contributed by atoms with Gasteiger partial charge >= 0.3 is 0 Å². The highest BCUT2D eigenvalue weighted by Crippen LogP contribution is 2.38. The van der Waals surface area contributed by atoms with Crippen molar-refractivity contribution in [2.45, 2.75) is 57.7 Å². The van der Waals surface area contributed by atoms with E-state index in [1.165, 1.54) is 43.2 Å². The Morgan fingerprint density at radius 1 is 1.11 bits per heavy atom. The largest absolute Gasteiger partial charge is 0.118 e.